The second-order valence-electron chi connectivity index (χ2n) is 6.44. The summed E-state index contributed by atoms with van der Waals surface area (Å²) in [6, 6.07) is 6.51. The fraction of sp³-hybridized carbons (Fsp3) is 0.389. The molecule has 1 aliphatic heterocycles. The molecule has 1 saturated heterocycles. The summed E-state index contributed by atoms with van der Waals surface area (Å²) in [5.41, 5.74) is 0.546. The van der Waals surface area contributed by atoms with Gasteiger partial charge in [-0.05, 0) is 48.9 Å². The summed E-state index contributed by atoms with van der Waals surface area (Å²) >= 11 is 0. The fourth-order valence-electron chi connectivity index (χ4n) is 4.16. The Kier molecular flexibility index (Phi) is 3.11. The number of rotatable bonds is 2. The van der Waals surface area contributed by atoms with E-state index in [1.165, 1.54) is 11.8 Å². The lowest BCUT2D eigenvalue weighted by molar-refractivity contribution is -0.132. The minimum Gasteiger partial charge on any atom is -0.427 e. The number of esters is 1. The van der Waals surface area contributed by atoms with E-state index < -0.39 is 5.97 Å². The van der Waals surface area contributed by atoms with Crippen LogP contribution < -0.4 is 9.64 Å². The normalized spacial score (nSPS) is 31.4. The van der Waals surface area contributed by atoms with Gasteiger partial charge in [-0.3, -0.25) is 19.3 Å². The number of ether oxygens (including phenoxy) is 1. The van der Waals surface area contributed by atoms with Crippen LogP contribution in [0.25, 0.3) is 0 Å². The third-order valence-electron chi connectivity index (χ3n) is 5.12. The number of hydrogen-bond donors (Lipinski definition) is 0. The maximum atomic E-state index is 12.8. The van der Waals surface area contributed by atoms with E-state index in [0.29, 0.717) is 11.4 Å². The molecule has 2 bridgehead atoms. The van der Waals surface area contributed by atoms with Gasteiger partial charge >= 0.3 is 5.97 Å². The Morgan fingerprint density at radius 1 is 1.00 bits per heavy atom. The molecule has 3 aliphatic carbocycles. The number of allylic oxidation sites excluding steroid dienone is 2. The predicted octanol–water partition coefficient (Wildman–Crippen LogP) is 2.31. The van der Waals surface area contributed by atoms with Gasteiger partial charge in [0.15, 0.2) is 0 Å². The van der Waals surface area contributed by atoms with Crippen LogP contribution in [0.1, 0.15) is 19.8 Å². The molecule has 2 amide bonds. The molecule has 4 aliphatic rings. The Balaban J connectivity index is 1.64. The molecule has 2 fully saturated rings. The summed E-state index contributed by atoms with van der Waals surface area (Å²) in [4.78, 5) is 37.8. The first-order chi connectivity index (χ1) is 11.1. The molecule has 0 N–H and O–H groups in total. The smallest absolute Gasteiger partial charge is 0.308 e. The van der Waals surface area contributed by atoms with Gasteiger partial charge in [0.05, 0.1) is 17.5 Å². The minimum atomic E-state index is -0.403. The van der Waals surface area contributed by atoms with Crippen LogP contribution in [-0.4, -0.2) is 17.8 Å². The second-order valence-corrected chi connectivity index (χ2v) is 6.44. The van der Waals surface area contributed by atoms with Crippen LogP contribution >= 0.6 is 0 Å². The molecule has 0 unspecified atom stereocenters. The van der Waals surface area contributed by atoms with Crippen LogP contribution in [0.3, 0.4) is 0 Å². The zero-order valence-electron chi connectivity index (χ0n) is 12.8. The van der Waals surface area contributed by atoms with Gasteiger partial charge < -0.3 is 4.74 Å². The number of imide groups is 1. The van der Waals surface area contributed by atoms with E-state index in [0.717, 1.165) is 12.8 Å². The average Bonchev–Trinajstić information content (AvgIpc) is 2.83. The van der Waals surface area contributed by atoms with E-state index in [4.69, 9.17) is 4.74 Å². The lowest BCUT2D eigenvalue weighted by Crippen LogP contribution is -2.38. The number of carbonyl (C=O) groups is 3. The van der Waals surface area contributed by atoms with Crippen molar-refractivity contribution in [2.75, 3.05) is 4.90 Å². The Bertz CT molecular complexity index is 689. The van der Waals surface area contributed by atoms with Gasteiger partial charge in [-0.25, -0.2) is 0 Å². The standard InChI is InChI=1S/C18H17NO4/c1-10(20)23-14-8-6-13(7-9-14)19-17(21)15-11-2-3-12(5-4-11)16(15)18(19)22/h2-3,6-9,11-12,15-16H,4-5H2,1H3/t11-,12-,15+,16+/m1/s1. The topological polar surface area (TPSA) is 63.7 Å². The molecule has 1 aromatic carbocycles. The molecule has 1 heterocycles. The Morgan fingerprint density at radius 2 is 1.52 bits per heavy atom. The first-order valence-electron chi connectivity index (χ1n) is 7.91. The molecule has 5 rings (SSSR count). The molecule has 0 radical (unpaired) electrons. The molecule has 1 aromatic rings. The van der Waals surface area contributed by atoms with Gasteiger partial charge in [-0.2, -0.15) is 0 Å². The molecule has 5 nitrogen and oxygen atoms in total. The van der Waals surface area contributed by atoms with Crippen molar-refractivity contribution in [3.05, 3.63) is 36.4 Å². The summed E-state index contributed by atoms with van der Waals surface area (Å²) in [6.07, 6.45) is 6.18. The van der Waals surface area contributed by atoms with E-state index in [1.54, 1.807) is 24.3 Å². The maximum Gasteiger partial charge on any atom is 0.308 e. The average molecular weight is 311 g/mol. The summed E-state index contributed by atoms with van der Waals surface area (Å²) in [6.45, 7) is 1.33. The molecule has 0 spiro atoms. The fourth-order valence-corrected chi connectivity index (χ4v) is 4.16. The Labute approximate surface area is 133 Å². The van der Waals surface area contributed by atoms with Crippen LogP contribution in [0, 0.1) is 23.7 Å². The number of fused-ring (bicyclic) bond motifs is 1. The van der Waals surface area contributed by atoms with E-state index >= 15 is 0 Å². The van der Waals surface area contributed by atoms with Gasteiger partial charge in [-0.1, -0.05) is 12.2 Å². The first kappa shape index (κ1) is 14.2. The number of benzene rings is 1. The number of hydrogen-bond acceptors (Lipinski definition) is 4. The monoisotopic (exact) mass is 311 g/mol. The van der Waals surface area contributed by atoms with E-state index in [-0.39, 0.29) is 35.5 Å². The lowest BCUT2D eigenvalue weighted by Gasteiger charge is -2.38. The number of amides is 2. The second kappa shape index (κ2) is 5.05. The van der Waals surface area contributed by atoms with Crippen molar-refractivity contribution in [2.24, 2.45) is 23.7 Å². The first-order valence-corrected chi connectivity index (χ1v) is 7.91. The molecular weight excluding hydrogens is 294 g/mol. The highest BCUT2D eigenvalue weighted by atomic mass is 16.5. The van der Waals surface area contributed by atoms with Crippen molar-refractivity contribution in [1.29, 1.82) is 0 Å². The van der Waals surface area contributed by atoms with E-state index in [2.05, 4.69) is 12.2 Å². The Hall–Kier alpha value is -2.43. The molecule has 1 saturated carbocycles. The third kappa shape index (κ3) is 2.11. The highest BCUT2D eigenvalue weighted by Crippen LogP contribution is 2.50. The molecule has 5 heteroatoms. The number of anilines is 1. The van der Waals surface area contributed by atoms with Crippen LogP contribution in [0.5, 0.6) is 5.75 Å². The molecule has 118 valence electrons. The molecule has 0 aromatic heterocycles. The zero-order chi connectivity index (χ0) is 16.1. The summed E-state index contributed by atoms with van der Waals surface area (Å²) in [5, 5.41) is 0. The largest absolute Gasteiger partial charge is 0.427 e. The van der Waals surface area contributed by atoms with Gasteiger partial charge in [0.2, 0.25) is 11.8 Å². The molecule has 23 heavy (non-hydrogen) atoms. The van der Waals surface area contributed by atoms with Crippen molar-refractivity contribution >= 4 is 23.5 Å². The van der Waals surface area contributed by atoms with Crippen LogP contribution in [0.2, 0.25) is 0 Å². The highest BCUT2D eigenvalue weighted by Gasteiger charge is 2.56. The number of nitrogens with zero attached hydrogens (tertiary/aromatic N) is 1. The van der Waals surface area contributed by atoms with Crippen molar-refractivity contribution in [3.8, 4) is 5.75 Å². The van der Waals surface area contributed by atoms with Crippen molar-refractivity contribution in [2.45, 2.75) is 19.8 Å². The SMILES string of the molecule is CC(=O)Oc1ccc(N2C(=O)[C@@H]3[C@@H](C2=O)[C@@H]2C=C[C@@H]3CC2)cc1. The molecular formula is C18H17NO4. The zero-order valence-corrected chi connectivity index (χ0v) is 12.8. The van der Waals surface area contributed by atoms with E-state index in [1.807, 2.05) is 0 Å². The number of carbonyl (C=O) groups excluding carboxylic acids is 3. The summed E-state index contributed by atoms with van der Waals surface area (Å²) in [5.74, 6) is -0.241. The predicted molar refractivity (Wildman–Crippen MR) is 82.6 cm³/mol. The van der Waals surface area contributed by atoms with Crippen LogP contribution in [-0.2, 0) is 14.4 Å². The van der Waals surface area contributed by atoms with Crippen LogP contribution in [0.4, 0.5) is 5.69 Å². The van der Waals surface area contributed by atoms with Gasteiger partial charge in [0.1, 0.15) is 5.75 Å². The summed E-state index contributed by atoms with van der Waals surface area (Å²) < 4.78 is 4.99. The minimum absolute atomic E-state index is 0.0979. The Morgan fingerprint density at radius 3 is 1.96 bits per heavy atom. The van der Waals surface area contributed by atoms with Gasteiger partial charge in [0.25, 0.3) is 0 Å². The van der Waals surface area contributed by atoms with Crippen molar-refractivity contribution in [3.63, 3.8) is 0 Å². The van der Waals surface area contributed by atoms with Crippen LogP contribution in [0.15, 0.2) is 36.4 Å². The van der Waals surface area contributed by atoms with Crippen molar-refractivity contribution in [1.82, 2.24) is 0 Å². The maximum absolute atomic E-state index is 12.8. The van der Waals surface area contributed by atoms with E-state index in [9.17, 15) is 14.4 Å². The van der Waals surface area contributed by atoms with Gasteiger partial charge in [-0.15, -0.1) is 0 Å². The quantitative estimate of drug-likeness (QED) is 0.364. The summed E-state index contributed by atoms with van der Waals surface area (Å²) in [7, 11) is 0. The lowest BCUT2D eigenvalue weighted by atomic mass is 9.63. The highest BCUT2D eigenvalue weighted by molar-refractivity contribution is 6.22. The molecule has 4 atom stereocenters. The van der Waals surface area contributed by atoms with Crippen molar-refractivity contribution < 1.29 is 19.1 Å². The third-order valence-corrected chi connectivity index (χ3v) is 5.12. The van der Waals surface area contributed by atoms with Gasteiger partial charge in [0, 0.05) is 6.92 Å².